The van der Waals surface area contributed by atoms with E-state index in [9.17, 15) is 14.4 Å². The van der Waals surface area contributed by atoms with E-state index in [-0.39, 0.29) is 47.6 Å². The summed E-state index contributed by atoms with van der Waals surface area (Å²) in [6.07, 6.45) is 3.68. The molecule has 0 spiro atoms. The number of carbonyl (C=O) groups is 3. The predicted molar refractivity (Wildman–Crippen MR) is 86.1 cm³/mol. The summed E-state index contributed by atoms with van der Waals surface area (Å²) in [5, 5.41) is 2.87. The number of ether oxygens (including phenoxy) is 2. The van der Waals surface area contributed by atoms with Crippen molar-refractivity contribution in [3.05, 3.63) is 11.6 Å². The quantitative estimate of drug-likeness (QED) is 0.632. The largest absolute Gasteiger partial charge is 0.462 e. The van der Waals surface area contributed by atoms with Crippen LogP contribution in [0.25, 0.3) is 0 Å². The van der Waals surface area contributed by atoms with Crippen LogP contribution < -0.4 is 5.32 Å². The Bertz CT molecular complexity index is 584. The van der Waals surface area contributed by atoms with Gasteiger partial charge in [-0.2, -0.15) is 0 Å². The van der Waals surface area contributed by atoms with Gasteiger partial charge in [-0.3, -0.25) is 9.59 Å². The van der Waals surface area contributed by atoms with Gasteiger partial charge in [0, 0.05) is 17.9 Å². The predicted octanol–water partition coefficient (Wildman–Crippen LogP) is 2.22. The van der Waals surface area contributed by atoms with E-state index in [1.165, 1.54) is 0 Å². The summed E-state index contributed by atoms with van der Waals surface area (Å²) in [7, 11) is 0. The number of alkyl carbamates (subject to hydrolysis) is 1. The van der Waals surface area contributed by atoms with Crippen molar-refractivity contribution in [2.75, 3.05) is 6.61 Å². The van der Waals surface area contributed by atoms with Crippen LogP contribution in [0.1, 0.15) is 40.0 Å². The summed E-state index contributed by atoms with van der Waals surface area (Å²) >= 11 is 0. The fourth-order valence-corrected chi connectivity index (χ4v) is 4.71. The van der Waals surface area contributed by atoms with E-state index in [1.54, 1.807) is 13.8 Å². The average Bonchev–Trinajstić information content (AvgIpc) is 2.79. The van der Waals surface area contributed by atoms with Crippen molar-refractivity contribution < 1.29 is 23.9 Å². The first-order valence-corrected chi connectivity index (χ1v) is 8.77. The van der Waals surface area contributed by atoms with Gasteiger partial charge in [0.25, 0.3) is 0 Å². The number of cyclic esters (lactones) is 1. The van der Waals surface area contributed by atoms with E-state index in [0.29, 0.717) is 13.0 Å². The van der Waals surface area contributed by atoms with Gasteiger partial charge in [0.15, 0.2) is 0 Å². The molecule has 3 rings (SSSR count). The molecular weight excluding hydrogens is 310 g/mol. The first-order valence-electron chi connectivity index (χ1n) is 8.77. The fraction of sp³-hybridized carbons (Fsp3) is 0.722. The Hall–Kier alpha value is -1.85. The Morgan fingerprint density at radius 3 is 2.79 bits per heavy atom. The molecule has 2 aliphatic carbocycles. The third-order valence-electron chi connectivity index (χ3n) is 5.62. The van der Waals surface area contributed by atoms with Gasteiger partial charge in [0.05, 0.1) is 12.5 Å². The SMILES string of the molecule is CCOC(=O)N[C@@H]1CC[C@@H]2C(=C[C@H]3C(=O)O[C@H](C)[C@H]3[C@H]2C(C)=O)C1. The normalized spacial score (nSPS) is 37.6. The number of nitrogens with one attached hydrogen (secondary N) is 1. The standard InChI is InChI=1S/C18H25NO5/c1-4-23-18(22)19-12-5-6-13-11(7-12)8-14-16(15(13)9(2)20)10(3)24-17(14)21/h8,10,12-16H,4-7H2,1-3H3,(H,19,22)/t10-,12-,13-,14-,15+,16-/m1/s1. The van der Waals surface area contributed by atoms with Crippen molar-refractivity contribution in [1.82, 2.24) is 5.32 Å². The van der Waals surface area contributed by atoms with Gasteiger partial charge < -0.3 is 14.8 Å². The molecule has 0 aromatic rings. The summed E-state index contributed by atoms with van der Waals surface area (Å²) in [6, 6.07) is -0.00875. The van der Waals surface area contributed by atoms with E-state index in [2.05, 4.69) is 5.32 Å². The van der Waals surface area contributed by atoms with E-state index in [0.717, 1.165) is 18.4 Å². The first-order chi connectivity index (χ1) is 11.4. The van der Waals surface area contributed by atoms with Gasteiger partial charge >= 0.3 is 12.1 Å². The minimum absolute atomic E-state index is 0.00875. The zero-order chi connectivity index (χ0) is 17.4. The van der Waals surface area contributed by atoms with Crippen LogP contribution in [-0.4, -0.2) is 36.6 Å². The summed E-state index contributed by atoms with van der Waals surface area (Å²) in [4.78, 5) is 36.1. The smallest absolute Gasteiger partial charge is 0.407 e. The molecule has 3 aliphatic rings. The Morgan fingerprint density at radius 1 is 1.38 bits per heavy atom. The van der Waals surface area contributed by atoms with Crippen molar-refractivity contribution in [3.8, 4) is 0 Å². The maximum Gasteiger partial charge on any atom is 0.407 e. The highest BCUT2D eigenvalue weighted by atomic mass is 16.6. The second-order valence-electron chi connectivity index (χ2n) is 7.07. The van der Waals surface area contributed by atoms with Crippen LogP contribution in [-0.2, 0) is 19.1 Å². The van der Waals surface area contributed by atoms with Crippen LogP contribution in [0, 0.1) is 23.7 Å². The van der Waals surface area contributed by atoms with Gasteiger partial charge in [0.2, 0.25) is 0 Å². The second-order valence-corrected chi connectivity index (χ2v) is 7.07. The van der Waals surface area contributed by atoms with Crippen LogP contribution in [0.2, 0.25) is 0 Å². The minimum Gasteiger partial charge on any atom is -0.462 e. The summed E-state index contributed by atoms with van der Waals surface area (Å²) < 4.78 is 10.3. The van der Waals surface area contributed by atoms with Crippen LogP contribution in [0.3, 0.4) is 0 Å². The lowest BCUT2D eigenvalue weighted by Crippen LogP contribution is -2.46. The third-order valence-corrected chi connectivity index (χ3v) is 5.62. The minimum atomic E-state index is -0.410. The highest BCUT2D eigenvalue weighted by Gasteiger charge is 2.53. The lowest BCUT2D eigenvalue weighted by atomic mass is 9.61. The summed E-state index contributed by atoms with van der Waals surface area (Å²) in [5.41, 5.74) is 1.11. The zero-order valence-electron chi connectivity index (χ0n) is 14.4. The molecule has 1 saturated heterocycles. The highest BCUT2D eigenvalue weighted by Crippen LogP contribution is 2.50. The van der Waals surface area contributed by atoms with E-state index >= 15 is 0 Å². The van der Waals surface area contributed by atoms with Crippen molar-refractivity contribution in [3.63, 3.8) is 0 Å². The highest BCUT2D eigenvalue weighted by molar-refractivity contribution is 5.84. The average molecular weight is 335 g/mol. The Balaban J connectivity index is 1.81. The number of esters is 1. The Kier molecular flexibility index (Phi) is 4.65. The molecule has 2 fully saturated rings. The van der Waals surface area contributed by atoms with Crippen LogP contribution >= 0.6 is 0 Å². The van der Waals surface area contributed by atoms with Gasteiger partial charge in [0.1, 0.15) is 11.9 Å². The van der Waals surface area contributed by atoms with E-state index < -0.39 is 6.09 Å². The molecular formula is C18H25NO5. The number of ketones is 1. The van der Waals surface area contributed by atoms with Gasteiger partial charge in [-0.1, -0.05) is 11.6 Å². The molecule has 0 radical (unpaired) electrons. The summed E-state index contributed by atoms with van der Waals surface area (Å²) in [5.74, 6) is -0.506. The number of amides is 1. The monoisotopic (exact) mass is 335 g/mol. The molecule has 0 unspecified atom stereocenters. The van der Waals surface area contributed by atoms with E-state index in [1.807, 2.05) is 13.0 Å². The molecule has 1 heterocycles. The molecule has 132 valence electrons. The van der Waals surface area contributed by atoms with Gasteiger partial charge in [-0.25, -0.2) is 4.79 Å². The maximum absolute atomic E-state index is 12.3. The van der Waals surface area contributed by atoms with E-state index in [4.69, 9.17) is 9.47 Å². The topological polar surface area (TPSA) is 81.7 Å². The van der Waals surface area contributed by atoms with Crippen molar-refractivity contribution in [2.24, 2.45) is 23.7 Å². The van der Waals surface area contributed by atoms with Crippen LogP contribution in [0.15, 0.2) is 11.6 Å². The van der Waals surface area contributed by atoms with Crippen LogP contribution in [0.4, 0.5) is 4.79 Å². The second kappa shape index (κ2) is 6.57. The number of Topliss-reactive ketones (excluding diaryl/α,β-unsaturated/α-hetero) is 1. The number of hydrogen-bond donors (Lipinski definition) is 1. The Labute approximate surface area is 141 Å². The number of hydrogen-bond acceptors (Lipinski definition) is 5. The third kappa shape index (κ3) is 2.94. The summed E-state index contributed by atoms with van der Waals surface area (Å²) in [6.45, 7) is 5.60. The fourth-order valence-electron chi connectivity index (χ4n) is 4.71. The molecule has 0 bridgehead atoms. The lowest BCUT2D eigenvalue weighted by Gasteiger charge is -2.42. The molecule has 0 aromatic heterocycles. The molecule has 24 heavy (non-hydrogen) atoms. The molecule has 6 heteroatoms. The van der Waals surface area contributed by atoms with Crippen molar-refractivity contribution >= 4 is 17.8 Å². The van der Waals surface area contributed by atoms with Gasteiger partial charge in [-0.15, -0.1) is 0 Å². The van der Waals surface area contributed by atoms with Crippen molar-refractivity contribution in [2.45, 2.75) is 52.2 Å². The number of rotatable bonds is 3. The molecule has 6 nitrogen and oxygen atoms in total. The molecule has 0 aromatic carbocycles. The first kappa shape index (κ1) is 17.0. The molecule has 1 N–H and O–H groups in total. The molecule has 1 amide bonds. The Morgan fingerprint density at radius 2 is 2.12 bits per heavy atom. The molecule has 6 atom stereocenters. The van der Waals surface area contributed by atoms with Gasteiger partial charge in [-0.05, 0) is 46.0 Å². The number of carbonyl (C=O) groups excluding carboxylic acids is 3. The maximum atomic E-state index is 12.3. The zero-order valence-corrected chi connectivity index (χ0v) is 14.4. The van der Waals surface area contributed by atoms with Crippen molar-refractivity contribution in [1.29, 1.82) is 0 Å². The van der Waals surface area contributed by atoms with Crippen LogP contribution in [0.5, 0.6) is 0 Å². The molecule has 1 saturated carbocycles. The lowest BCUT2D eigenvalue weighted by molar-refractivity contribution is -0.142. The molecule has 1 aliphatic heterocycles. The number of fused-ring (bicyclic) bond motifs is 2.